The van der Waals surface area contributed by atoms with Crippen LogP contribution in [0, 0.1) is 5.82 Å². The van der Waals surface area contributed by atoms with Gasteiger partial charge in [0.1, 0.15) is 5.82 Å². The van der Waals surface area contributed by atoms with Gasteiger partial charge in [-0.3, -0.25) is 4.90 Å². The number of rotatable bonds is 2. The number of nitrogens with two attached hydrogens (primary N) is 1. The molecule has 0 bridgehead atoms. The molecule has 104 valence electrons. The maximum Gasteiger partial charge on any atom is 0.124 e. The fourth-order valence-corrected chi connectivity index (χ4v) is 2.92. The Balaban J connectivity index is 1.79. The zero-order valence-corrected chi connectivity index (χ0v) is 11.8. The van der Waals surface area contributed by atoms with Gasteiger partial charge in [0, 0.05) is 30.3 Å². The second kappa shape index (κ2) is 5.43. The molecule has 0 saturated heterocycles. The van der Waals surface area contributed by atoms with Crippen LogP contribution in [0.2, 0.25) is 5.02 Å². The van der Waals surface area contributed by atoms with E-state index in [1.807, 2.05) is 12.1 Å². The average molecular weight is 291 g/mol. The number of nitrogen functional groups attached to an aromatic ring is 1. The van der Waals surface area contributed by atoms with Crippen molar-refractivity contribution < 1.29 is 4.39 Å². The van der Waals surface area contributed by atoms with Gasteiger partial charge in [0.2, 0.25) is 0 Å². The average Bonchev–Trinajstić information content (AvgIpc) is 2.43. The highest BCUT2D eigenvalue weighted by Gasteiger charge is 2.18. The second-order valence-electron chi connectivity index (χ2n) is 5.18. The fourth-order valence-electron chi connectivity index (χ4n) is 2.69. The molecule has 0 amide bonds. The number of halogens is 2. The van der Waals surface area contributed by atoms with Crippen molar-refractivity contribution in [2.45, 2.75) is 19.5 Å². The summed E-state index contributed by atoms with van der Waals surface area (Å²) in [6.07, 6.45) is 0.985. The Morgan fingerprint density at radius 2 is 2.10 bits per heavy atom. The van der Waals surface area contributed by atoms with Crippen molar-refractivity contribution in [3.63, 3.8) is 0 Å². The largest absolute Gasteiger partial charge is 0.398 e. The topological polar surface area (TPSA) is 29.3 Å². The van der Waals surface area contributed by atoms with Crippen LogP contribution in [-0.2, 0) is 19.5 Å². The van der Waals surface area contributed by atoms with E-state index in [2.05, 4.69) is 11.0 Å². The summed E-state index contributed by atoms with van der Waals surface area (Å²) < 4.78 is 13.1. The predicted molar refractivity (Wildman–Crippen MR) is 80.1 cm³/mol. The molecule has 0 aliphatic carbocycles. The first-order valence-corrected chi connectivity index (χ1v) is 7.04. The molecule has 2 aromatic rings. The Kier molecular flexibility index (Phi) is 3.64. The molecule has 0 radical (unpaired) electrons. The molecule has 20 heavy (non-hydrogen) atoms. The number of hydrogen-bond acceptors (Lipinski definition) is 2. The Hall–Kier alpha value is -1.58. The Bertz CT molecular complexity index is 642. The molecule has 0 unspecified atom stereocenters. The van der Waals surface area contributed by atoms with Crippen molar-refractivity contribution in [1.29, 1.82) is 0 Å². The van der Waals surface area contributed by atoms with E-state index in [1.165, 1.54) is 23.3 Å². The summed E-state index contributed by atoms with van der Waals surface area (Å²) in [6.45, 7) is 2.49. The highest BCUT2D eigenvalue weighted by molar-refractivity contribution is 6.31. The van der Waals surface area contributed by atoms with Crippen LogP contribution in [0.3, 0.4) is 0 Å². The molecule has 2 aromatic carbocycles. The highest BCUT2D eigenvalue weighted by atomic mass is 35.5. The van der Waals surface area contributed by atoms with Gasteiger partial charge in [0.25, 0.3) is 0 Å². The van der Waals surface area contributed by atoms with Gasteiger partial charge < -0.3 is 5.73 Å². The van der Waals surface area contributed by atoms with Gasteiger partial charge >= 0.3 is 0 Å². The Labute approximate surface area is 123 Å². The molecule has 0 atom stereocenters. The van der Waals surface area contributed by atoms with Crippen molar-refractivity contribution in [1.82, 2.24) is 4.90 Å². The number of fused-ring (bicyclic) bond motifs is 1. The smallest absolute Gasteiger partial charge is 0.124 e. The minimum atomic E-state index is -0.299. The molecular weight excluding hydrogens is 275 g/mol. The van der Waals surface area contributed by atoms with Gasteiger partial charge in [-0.25, -0.2) is 4.39 Å². The van der Waals surface area contributed by atoms with E-state index in [-0.39, 0.29) is 5.82 Å². The van der Waals surface area contributed by atoms with Crippen LogP contribution in [0.15, 0.2) is 36.4 Å². The molecule has 1 aliphatic rings. The first-order chi connectivity index (χ1) is 9.63. The molecule has 2 nitrogen and oxygen atoms in total. The van der Waals surface area contributed by atoms with Crippen molar-refractivity contribution >= 4 is 17.3 Å². The predicted octanol–water partition coefficient (Wildman–Crippen LogP) is 3.62. The highest BCUT2D eigenvalue weighted by Crippen LogP contribution is 2.26. The molecule has 4 heteroatoms. The van der Waals surface area contributed by atoms with Crippen LogP contribution >= 0.6 is 11.6 Å². The minimum absolute atomic E-state index is 0.299. The van der Waals surface area contributed by atoms with Crippen LogP contribution in [0.25, 0.3) is 0 Å². The summed E-state index contributed by atoms with van der Waals surface area (Å²) >= 11 is 6.09. The van der Waals surface area contributed by atoms with Crippen LogP contribution < -0.4 is 5.73 Å². The first kappa shape index (κ1) is 13.4. The lowest BCUT2D eigenvalue weighted by Gasteiger charge is -2.29. The third kappa shape index (κ3) is 2.65. The van der Waals surface area contributed by atoms with Crippen LogP contribution in [-0.4, -0.2) is 11.4 Å². The van der Waals surface area contributed by atoms with E-state index < -0.39 is 0 Å². The summed E-state index contributed by atoms with van der Waals surface area (Å²) in [5, 5.41) is 0.483. The lowest BCUT2D eigenvalue weighted by molar-refractivity contribution is 0.246. The van der Waals surface area contributed by atoms with E-state index in [4.69, 9.17) is 17.3 Å². The molecule has 0 fully saturated rings. The minimum Gasteiger partial charge on any atom is -0.398 e. The quantitative estimate of drug-likeness (QED) is 0.856. The zero-order chi connectivity index (χ0) is 14.1. The van der Waals surface area contributed by atoms with Gasteiger partial charge in [0.05, 0.1) is 0 Å². The molecule has 0 spiro atoms. The summed E-state index contributed by atoms with van der Waals surface area (Å²) in [7, 11) is 0. The molecular formula is C16H16ClFN2. The summed E-state index contributed by atoms with van der Waals surface area (Å²) in [5.41, 5.74) is 10.4. The fraction of sp³-hybridized carbons (Fsp3) is 0.250. The molecule has 1 heterocycles. The second-order valence-corrected chi connectivity index (χ2v) is 5.59. The SMILES string of the molecule is Nc1cccc2c1CN(Cc1ccc(F)cc1Cl)CC2. The Morgan fingerprint density at radius 3 is 2.90 bits per heavy atom. The third-order valence-corrected chi connectivity index (χ3v) is 4.15. The van der Waals surface area contributed by atoms with Crippen molar-refractivity contribution in [3.05, 3.63) is 63.9 Å². The molecule has 0 saturated carbocycles. The maximum atomic E-state index is 13.1. The lowest BCUT2D eigenvalue weighted by Crippen LogP contribution is -2.30. The summed E-state index contributed by atoms with van der Waals surface area (Å²) in [6, 6.07) is 10.6. The van der Waals surface area contributed by atoms with E-state index in [1.54, 1.807) is 6.07 Å². The van der Waals surface area contributed by atoms with Crippen molar-refractivity contribution in [2.24, 2.45) is 0 Å². The number of anilines is 1. The van der Waals surface area contributed by atoms with Crippen LogP contribution in [0.1, 0.15) is 16.7 Å². The van der Waals surface area contributed by atoms with Gasteiger partial charge in [-0.05, 0) is 41.3 Å². The normalized spacial score (nSPS) is 15.1. The number of hydrogen-bond donors (Lipinski definition) is 1. The molecule has 0 aromatic heterocycles. The summed E-state index contributed by atoms with van der Waals surface area (Å²) in [5.74, 6) is -0.299. The third-order valence-electron chi connectivity index (χ3n) is 3.80. The Morgan fingerprint density at radius 1 is 1.25 bits per heavy atom. The van der Waals surface area contributed by atoms with Gasteiger partial charge in [0.15, 0.2) is 0 Å². The maximum absolute atomic E-state index is 13.1. The van der Waals surface area contributed by atoms with Gasteiger partial charge in [-0.15, -0.1) is 0 Å². The van der Waals surface area contributed by atoms with Crippen molar-refractivity contribution in [3.8, 4) is 0 Å². The standard InChI is InChI=1S/C16H16ClFN2/c17-15-8-13(18)5-4-12(15)9-20-7-6-11-2-1-3-16(19)14(11)10-20/h1-5,8H,6-7,9-10,19H2. The van der Waals surface area contributed by atoms with Crippen LogP contribution in [0.5, 0.6) is 0 Å². The summed E-state index contributed by atoms with van der Waals surface area (Å²) in [4.78, 5) is 2.29. The van der Waals surface area contributed by atoms with Crippen LogP contribution in [0.4, 0.5) is 10.1 Å². The van der Waals surface area contributed by atoms with Crippen molar-refractivity contribution in [2.75, 3.05) is 12.3 Å². The molecule has 2 N–H and O–H groups in total. The van der Waals surface area contributed by atoms with E-state index in [9.17, 15) is 4.39 Å². The monoisotopic (exact) mass is 290 g/mol. The zero-order valence-electron chi connectivity index (χ0n) is 11.1. The van der Waals surface area contributed by atoms with E-state index in [0.717, 1.165) is 30.8 Å². The lowest BCUT2D eigenvalue weighted by atomic mass is 9.98. The van der Waals surface area contributed by atoms with Gasteiger partial charge in [-0.2, -0.15) is 0 Å². The van der Waals surface area contributed by atoms with Gasteiger partial charge in [-0.1, -0.05) is 29.8 Å². The number of benzene rings is 2. The first-order valence-electron chi connectivity index (χ1n) is 6.66. The van der Waals surface area contributed by atoms with E-state index >= 15 is 0 Å². The van der Waals surface area contributed by atoms with E-state index in [0.29, 0.717) is 11.6 Å². The molecule has 1 aliphatic heterocycles. The number of nitrogens with zero attached hydrogens (tertiary/aromatic N) is 1. The molecule has 3 rings (SSSR count).